The lowest BCUT2D eigenvalue weighted by molar-refractivity contribution is -0.141. The van der Waals surface area contributed by atoms with Gasteiger partial charge < -0.3 is 15.4 Å². The van der Waals surface area contributed by atoms with E-state index in [0.717, 1.165) is 31.7 Å². The minimum atomic E-state index is -4.63. The first-order valence-electron chi connectivity index (χ1n) is 8.17. The van der Waals surface area contributed by atoms with Crippen LogP contribution in [0.5, 0.6) is 11.6 Å². The summed E-state index contributed by atoms with van der Waals surface area (Å²) in [6.45, 7) is 0. The van der Waals surface area contributed by atoms with Gasteiger partial charge in [0, 0.05) is 12.1 Å². The molecule has 26 heavy (non-hydrogen) atoms. The smallest absolute Gasteiger partial charge is 0.433 e. The molecule has 1 aromatic heterocycles. The highest BCUT2D eigenvalue weighted by Crippen LogP contribution is 2.31. The van der Waals surface area contributed by atoms with Crippen molar-refractivity contribution in [2.75, 3.05) is 5.32 Å². The second-order valence-corrected chi connectivity index (χ2v) is 6.32. The van der Waals surface area contributed by atoms with Gasteiger partial charge in [-0.3, -0.25) is 0 Å². The van der Waals surface area contributed by atoms with Crippen LogP contribution in [0.1, 0.15) is 31.4 Å². The molecule has 1 heterocycles. The average Bonchev–Trinajstić information content (AvgIpc) is 3.07. The number of anilines is 1. The van der Waals surface area contributed by atoms with Gasteiger partial charge in [-0.15, -0.1) is 0 Å². The van der Waals surface area contributed by atoms with Gasteiger partial charge in [0.1, 0.15) is 5.75 Å². The maximum Gasteiger partial charge on any atom is 0.433 e. The van der Waals surface area contributed by atoms with Gasteiger partial charge in [-0.25, -0.2) is 4.98 Å². The maximum atomic E-state index is 13.1. The van der Waals surface area contributed by atoms with Crippen molar-refractivity contribution in [2.45, 2.75) is 37.9 Å². The van der Waals surface area contributed by atoms with Gasteiger partial charge in [0.15, 0.2) is 10.8 Å². The van der Waals surface area contributed by atoms with E-state index in [9.17, 15) is 13.2 Å². The average molecular weight is 382 g/mol. The molecule has 1 aliphatic carbocycles. The lowest BCUT2D eigenvalue weighted by Crippen LogP contribution is -2.36. The van der Waals surface area contributed by atoms with Crippen LogP contribution in [0.3, 0.4) is 0 Å². The molecule has 0 atom stereocenters. The number of hydrogen-bond donors (Lipinski definition) is 2. The molecule has 138 valence electrons. The first kappa shape index (κ1) is 18.4. The summed E-state index contributed by atoms with van der Waals surface area (Å²) >= 11 is 5.16. The molecule has 1 fully saturated rings. The molecule has 2 aromatic rings. The van der Waals surface area contributed by atoms with E-state index < -0.39 is 11.9 Å². The van der Waals surface area contributed by atoms with Crippen LogP contribution in [0, 0.1) is 0 Å². The Labute approximate surface area is 154 Å². The highest BCUT2D eigenvalue weighted by Gasteiger charge is 2.34. The number of halogens is 3. The minimum absolute atomic E-state index is 0.196. The fourth-order valence-corrected chi connectivity index (χ4v) is 2.94. The summed E-state index contributed by atoms with van der Waals surface area (Å²) in [6.07, 6.45) is -0.458. The van der Waals surface area contributed by atoms with Crippen LogP contribution in [0.2, 0.25) is 0 Å². The Balaban J connectivity index is 1.79. The number of benzene rings is 1. The molecule has 0 bridgehead atoms. The number of thiocarbonyl (C=S) groups is 1. The number of para-hydroxylation sites is 1. The van der Waals surface area contributed by atoms with Crippen molar-refractivity contribution in [3.63, 3.8) is 0 Å². The van der Waals surface area contributed by atoms with E-state index in [1.807, 2.05) is 0 Å². The summed E-state index contributed by atoms with van der Waals surface area (Å²) in [5.74, 6) is -0.108. The molecule has 1 aromatic carbocycles. The summed E-state index contributed by atoms with van der Waals surface area (Å²) in [7, 11) is 0. The van der Waals surface area contributed by atoms with E-state index in [4.69, 9.17) is 17.0 Å². The van der Waals surface area contributed by atoms with Crippen molar-refractivity contribution in [3.8, 4) is 11.6 Å². The first-order valence-corrected chi connectivity index (χ1v) is 8.58. The summed E-state index contributed by atoms with van der Waals surface area (Å²) in [6, 6.07) is 9.41. The monoisotopic (exact) mass is 382 g/mol. The summed E-state index contributed by atoms with van der Waals surface area (Å²) in [5, 5.41) is 5.89. The highest BCUT2D eigenvalue weighted by molar-refractivity contribution is 7.80. The molecule has 2 N–H and O–H groups in total. The number of nitrogens with zero attached hydrogens (tertiary/aromatic N) is 2. The third-order valence-corrected chi connectivity index (χ3v) is 4.09. The molecule has 0 aliphatic heterocycles. The Morgan fingerprint density at radius 1 is 1.12 bits per heavy atom. The maximum absolute atomic E-state index is 13.1. The molecule has 0 amide bonds. The Morgan fingerprint density at radius 2 is 1.81 bits per heavy atom. The Kier molecular flexibility index (Phi) is 5.55. The molecule has 9 heteroatoms. The van der Waals surface area contributed by atoms with Crippen LogP contribution in [-0.4, -0.2) is 21.1 Å². The van der Waals surface area contributed by atoms with Gasteiger partial charge in [0.05, 0.1) is 0 Å². The van der Waals surface area contributed by atoms with Crippen molar-refractivity contribution >= 4 is 23.3 Å². The third-order valence-electron chi connectivity index (χ3n) is 3.87. The van der Waals surface area contributed by atoms with Crippen LogP contribution in [0.4, 0.5) is 19.1 Å². The number of alkyl halides is 3. The molecule has 5 nitrogen and oxygen atoms in total. The number of aromatic nitrogens is 2. The fraction of sp³-hybridized carbons (Fsp3) is 0.353. The zero-order chi connectivity index (χ0) is 18.6. The SMILES string of the molecule is FC(F)(F)c1cc(Oc2ccccc2)nc(NC(=S)NC2CCCC2)n1. The number of rotatable bonds is 4. The topological polar surface area (TPSA) is 59.1 Å². The van der Waals surface area contributed by atoms with E-state index in [2.05, 4.69) is 20.6 Å². The minimum Gasteiger partial charge on any atom is -0.439 e. The van der Waals surface area contributed by atoms with Crippen molar-refractivity contribution in [3.05, 3.63) is 42.1 Å². The predicted molar refractivity (Wildman–Crippen MR) is 95.2 cm³/mol. The van der Waals surface area contributed by atoms with Crippen molar-refractivity contribution in [2.24, 2.45) is 0 Å². The normalized spacial score (nSPS) is 14.9. The second-order valence-electron chi connectivity index (χ2n) is 5.91. The summed E-state index contributed by atoms with van der Waals surface area (Å²) in [5.41, 5.74) is -1.11. The zero-order valence-corrected chi connectivity index (χ0v) is 14.5. The van der Waals surface area contributed by atoms with Crippen molar-refractivity contribution in [1.82, 2.24) is 15.3 Å². The molecule has 0 radical (unpaired) electrons. The Morgan fingerprint density at radius 3 is 2.46 bits per heavy atom. The second kappa shape index (κ2) is 7.86. The van der Waals surface area contributed by atoms with Gasteiger partial charge in [-0.05, 0) is 37.2 Å². The van der Waals surface area contributed by atoms with Gasteiger partial charge in [-0.2, -0.15) is 18.2 Å². The Hall–Kier alpha value is -2.42. The molecular formula is C17H17F3N4OS. The highest BCUT2D eigenvalue weighted by atomic mass is 32.1. The van der Waals surface area contributed by atoms with Gasteiger partial charge in [0.25, 0.3) is 0 Å². The van der Waals surface area contributed by atoms with Gasteiger partial charge >= 0.3 is 6.18 Å². The van der Waals surface area contributed by atoms with Gasteiger partial charge in [-0.1, -0.05) is 31.0 Å². The molecule has 1 saturated carbocycles. The summed E-state index contributed by atoms with van der Waals surface area (Å²) < 4.78 is 44.8. The van der Waals surface area contributed by atoms with Crippen LogP contribution in [0.25, 0.3) is 0 Å². The molecule has 0 unspecified atom stereocenters. The number of hydrogen-bond acceptors (Lipinski definition) is 4. The van der Waals surface area contributed by atoms with E-state index >= 15 is 0 Å². The van der Waals surface area contributed by atoms with Crippen LogP contribution in [-0.2, 0) is 6.18 Å². The molecular weight excluding hydrogens is 365 g/mol. The van der Waals surface area contributed by atoms with E-state index in [1.165, 1.54) is 0 Å². The van der Waals surface area contributed by atoms with Crippen molar-refractivity contribution < 1.29 is 17.9 Å². The zero-order valence-electron chi connectivity index (χ0n) is 13.7. The standard InChI is InChI=1S/C17H17F3N4OS/c18-17(19,20)13-10-14(25-12-8-2-1-3-9-12)23-15(22-13)24-16(26)21-11-6-4-5-7-11/h1-3,8-11H,4-7H2,(H2,21,22,23,24,26). The molecule has 0 saturated heterocycles. The largest absolute Gasteiger partial charge is 0.439 e. The number of nitrogens with one attached hydrogen (secondary N) is 2. The third kappa shape index (κ3) is 5.04. The van der Waals surface area contributed by atoms with E-state index in [1.54, 1.807) is 30.3 Å². The lowest BCUT2D eigenvalue weighted by Gasteiger charge is -2.16. The molecule has 1 aliphatic rings. The summed E-state index contributed by atoms with van der Waals surface area (Å²) in [4.78, 5) is 7.49. The van der Waals surface area contributed by atoms with Crippen LogP contribution in [0.15, 0.2) is 36.4 Å². The predicted octanol–water partition coefficient (Wildman–Crippen LogP) is 4.52. The number of ether oxygens (including phenoxy) is 1. The first-order chi connectivity index (χ1) is 12.4. The fourth-order valence-electron chi connectivity index (χ4n) is 2.68. The Bertz CT molecular complexity index is 764. The molecule has 3 rings (SSSR count). The molecule has 0 spiro atoms. The van der Waals surface area contributed by atoms with Gasteiger partial charge in [0.2, 0.25) is 11.8 Å². The van der Waals surface area contributed by atoms with Crippen LogP contribution < -0.4 is 15.4 Å². The van der Waals surface area contributed by atoms with Crippen molar-refractivity contribution in [1.29, 1.82) is 0 Å². The van der Waals surface area contributed by atoms with E-state index in [0.29, 0.717) is 5.75 Å². The van der Waals surface area contributed by atoms with E-state index in [-0.39, 0.29) is 23.0 Å². The van der Waals surface area contributed by atoms with Crippen LogP contribution >= 0.6 is 12.2 Å². The quantitative estimate of drug-likeness (QED) is 0.759. The lowest BCUT2D eigenvalue weighted by atomic mass is 10.3.